The molecule has 0 spiro atoms. The number of rotatable bonds is 6. The van der Waals surface area contributed by atoms with Crippen molar-refractivity contribution in [2.75, 3.05) is 0 Å². The number of para-hydroxylation sites is 1. The highest BCUT2D eigenvalue weighted by Gasteiger charge is 2.20. The lowest BCUT2D eigenvalue weighted by Gasteiger charge is -2.15. The lowest BCUT2D eigenvalue weighted by molar-refractivity contribution is -0.139. The summed E-state index contributed by atoms with van der Waals surface area (Å²) in [7, 11) is 0. The van der Waals surface area contributed by atoms with Gasteiger partial charge in [-0.15, -0.1) is 0 Å². The molecule has 0 radical (unpaired) electrons. The number of carboxylic acid groups (broad SMARTS) is 1. The second kappa shape index (κ2) is 6.08. The topological polar surface area (TPSA) is 82.2 Å². The Morgan fingerprint density at radius 3 is 2.85 bits per heavy atom. The van der Waals surface area contributed by atoms with Gasteiger partial charge in [0.05, 0.1) is 5.70 Å². The minimum absolute atomic E-state index is 0.275. The van der Waals surface area contributed by atoms with Crippen molar-refractivity contribution in [2.24, 2.45) is 0 Å². The lowest BCUT2D eigenvalue weighted by atomic mass is 10.0. The summed E-state index contributed by atoms with van der Waals surface area (Å²) in [6.45, 7) is 1.78. The lowest BCUT2D eigenvalue weighted by Crippen LogP contribution is -2.38. The Morgan fingerprint density at radius 2 is 2.20 bits per heavy atom. The number of hydrogen-bond acceptors (Lipinski definition) is 3. The zero-order chi connectivity index (χ0) is 14.5. The molecular formula is C15H16N2O3. The number of benzene rings is 1. The van der Waals surface area contributed by atoms with Crippen LogP contribution in [0.4, 0.5) is 0 Å². The first-order valence-corrected chi connectivity index (χ1v) is 6.44. The van der Waals surface area contributed by atoms with Gasteiger partial charge in [-0.25, -0.2) is 9.59 Å². The number of nitrogens with one attached hydrogen (secondary N) is 2. The van der Waals surface area contributed by atoms with Crippen molar-refractivity contribution in [1.29, 1.82) is 0 Å². The van der Waals surface area contributed by atoms with Crippen molar-refractivity contribution < 1.29 is 14.7 Å². The van der Waals surface area contributed by atoms with E-state index in [2.05, 4.69) is 10.3 Å². The van der Waals surface area contributed by atoms with Crippen LogP contribution in [-0.2, 0) is 16.0 Å². The molecule has 5 nitrogen and oxygen atoms in total. The van der Waals surface area contributed by atoms with Crippen molar-refractivity contribution in [1.82, 2.24) is 10.3 Å². The van der Waals surface area contributed by atoms with Crippen LogP contribution in [0.1, 0.15) is 18.9 Å². The summed E-state index contributed by atoms with van der Waals surface area (Å²) >= 11 is 0. The number of aromatic nitrogens is 1. The first-order valence-electron chi connectivity index (χ1n) is 6.44. The third-order valence-corrected chi connectivity index (χ3v) is 3.22. The molecule has 0 aliphatic heterocycles. The van der Waals surface area contributed by atoms with Gasteiger partial charge >= 0.3 is 5.97 Å². The van der Waals surface area contributed by atoms with Crippen molar-refractivity contribution in [3.63, 3.8) is 0 Å². The van der Waals surface area contributed by atoms with Crippen molar-refractivity contribution >= 4 is 22.8 Å². The van der Waals surface area contributed by atoms with Gasteiger partial charge in [-0.05, 0) is 18.1 Å². The number of carboxylic acids is 1. The van der Waals surface area contributed by atoms with Crippen LogP contribution in [0.25, 0.3) is 10.9 Å². The summed E-state index contributed by atoms with van der Waals surface area (Å²) in [5, 5.41) is 13.0. The van der Waals surface area contributed by atoms with E-state index in [0.29, 0.717) is 12.8 Å². The molecule has 20 heavy (non-hydrogen) atoms. The van der Waals surface area contributed by atoms with E-state index >= 15 is 0 Å². The second-order valence-corrected chi connectivity index (χ2v) is 4.53. The van der Waals surface area contributed by atoms with E-state index in [-0.39, 0.29) is 5.70 Å². The van der Waals surface area contributed by atoms with Gasteiger partial charge in [0.25, 0.3) is 0 Å². The highest BCUT2D eigenvalue weighted by molar-refractivity contribution is 5.84. The molecule has 3 N–H and O–H groups in total. The molecule has 0 saturated carbocycles. The molecule has 0 fully saturated rings. The van der Waals surface area contributed by atoms with Gasteiger partial charge < -0.3 is 15.4 Å². The molecule has 5 heteroatoms. The first-order chi connectivity index (χ1) is 9.65. The molecule has 1 unspecified atom stereocenters. The van der Waals surface area contributed by atoms with Gasteiger partial charge in [-0.1, -0.05) is 25.1 Å². The Hall–Kier alpha value is -2.52. The fourth-order valence-corrected chi connectivity index (χ4v) is 2.13. The number of hydrogen-bond donors (Lipinski definition) is 3. The molecule has 1 aromatic carbocycles. The predicted octanol–water partition coefficient (Wildman–Crippen LogP) is 1.88. The summed E-state index contributed by atoms with van der Waals surface area (Å²) in [4.78, 5) is 25.1. The minimum atomic E-state index is -0.989. The number of carbonyl (C=O) groups is 1. The van der Waals surface area contributed by atoms with E-state index in [0.717, 1.165) is 16.5 Å². The van der Waals surface area contributed by atoms with Gasteiger partial charge in [-0.3, -0.25) is 0 Å². The monoisotopic (exact) mass is 272 g/mol. The van der Waals surface area contributed by atoms with Crippen LogP contribution in [0.5, 0.6) is 0 Å². The summed E-state index contributed by atoms with van der Waals surface area (Å²) in [6, 6.07) is 6.86. The highest BCUT2D eigenvalue weighted by atomic mass is 16.4. The highest BCUT2D eigenvalue weighted by Crippen LogP contribution is 2.19. The van der Waals surface area contributed by atoms with Crippen LogP contribution in [0, 0.1) is 0 Å². The van der Waals surface area contributed by atoms with Gasteiger partial charge in [0.15, 0.2) is 0 Å². The molecule has 0 saturated heterocycles. The van der Waals surface area contributed by atoms with Crippen LogP contribution in [-0.4, -0.2) is 28.0 Å². The van der Waals surface area contributed by atoms with E-state index in [1.807, 2.05) is 24.3 Å². The van der Waals surface area contributed by atoms with Crippen LogP contribution < -0.4 is 5.32 Å². The van der Waals surface area contributed by atoms with Crippen molar-refractivity contribution in [2.45, 2.75) is 25.8 Å². The largest absolute Gasteiger partial charge is 0.480 e. The maximum Gasteiger partial charge on any atom is 0.326 e. The molecule has 0 amide bonds. The standard InChI is InChI=1S/C15H16N2O3/c1-2-11(9-18)17-14(15(19)20)7-10-8-16-13-6-4-3-5-12(10)13/h3-6,8,14,16-17H,2,7H2,1H3,(H,19,20). The van der Waals surface area contributed by atoms with Gasteiger partial charge in [-0.2, -0.15) is 0 Å². The summed E-state index contributed by atoms with van der Waals surface area (Å²) < 4.78 is 0. The summed E-state index contributed by atoms with van der Waals surface area (Å²) in [5.41, 5.74) is 2.15. The number of fused-ring (bicyclic) bond motifs is 1. The number of carbonyl (C=O) groups excluding carboxylic acids is 1. The Bertz CT molecular complexity index is 669. The van der Waals surface area contributed by atoms with Gasteiger partial charge in [0, 0.05) is 23.5 Å². The van der Waals surface area contributed by atoms with Crippen LogP contribution in [0.3, 0.4) is 0 Å². The molecule has 0 bridgehead atoms. The number of allylic oxidation sites excluding steroid dienone is 1. The Kier molecular flexibility index (Phi) is 4.23. The molecule has 2 aromatic rings. The molecule has 1 heterocycles. The average Bonchev–Trinajstić information content (AvgIpc) is 2.86. The Labute approximate surface area is 116 Å². The molecule has 1 aromatic heterocycles. The van der Waals surface area contributed by atoms with E-state index in [1.165, 1.54) is 0 Å². The minimum Gasteiger partial charge on any atom is -0.480 e. The fraction of sp³-hybridized carbons (Fsp3) is 0.267. The number of H-pyrrole nitrogens is 1. The first kappa shape index (κ1) is 13.9. The zero-order valence-corrected chi connectivity index (χ0v) is 11.1. The van der Waals surface area contributed by atoms with E-state index in [4.69, 9.17) is 0 Å². The van der Waals surface area contributed by atoms with Crippen LogP contribution in [0.2, 0.25) is 0 Å². The number of aliphatic carboxylic acids is 1. The van der Waals surface area contributed by atoms with Crippen molar-refractivity contribution in [3.8, 4) is 0 Å². The molecule has 2 rings (SSSR count). The Balaban J connectivity index is 2.24. The van der Waals surface area contributed by atoms with Crippen LogP contribution in [0.15, 0.2) is 36.2 Å². The van der Waals surface area contributed by atoms with E-state index < -0.39 is 12.0 Å². The fourth-order valence-electron chi connectivity index (χ4n) is 2.13. The normalized spacial score (nSPS) is 11.8. The van der Waals surface area contributed by atoms with Gasteiger partial charge in [0.2, 0.25) is 0 Å². The van der Waals surface area contributed by atoms with Crippen LogP contribution >= 0.6 is 0 Å². The molecule has 0 aliphatic rings. The molecule has 0 aliphatic carbocycles. The zero-order valence-electron chi connectivity index (χ0n) is 11.1. The smallest absolute Gasteiger partial charge is 0.326 e. The SMILES string of the molecule is CCC(=C=O)NC(Cc1c[nH]c2ccccc12)C(=O)O. The third-order valence-electron chi connectivity index (χ3n) is 3.22. The van der Waals surface area contributed by atoms with Crippen molar-refractivity contribution in [3.05, 3.63) is 41.7 Å². The molecule has 104 valence electrons. The quantitative estimate of drug-likeness (QED) is 0.701. The predicted molar refractivity (Wildman–Crippen MR) is 76.1 cm³/mol. The summed E-state index contributed by atoms with van der Waals surface area (Å²) in [6.07, 6.45) is 2.53. The maximum absolute atomic E-state index is 11.3. The maximum atomic E-state index is 11.3. The second-order valence-electron chi connectivity index (χ2n) is 4.53. The Morgan fingerprint density at radius 1 is 1.45 bits per heavy atom. The summed E-state index contributed by atoms with van der Waals surface area (Å²) in [5.74, 6) is 0.749. The molecule has 1 atom stereocenters. The van der Waals surface area contributed by atoms with E-state index in [9.17, 15) is 14.7 Å². The molecular weight excluding hydrogens is 256 g/mol. The number of aromatic amines is 1. The van der Waals surface area contributed by atoms with E-state index in [1.54, 1.807) is 19.1 Å². The average molecular weight is 272 g/mol. The van der Waals surface area contributed by atoms with Gasteiger partial charge in [0.1, 0.15) is 12.0 Å². The third kappa shape index (κ3) is 2.90.